The van der Waals surface area contributed by atoms with Crippen LogP contribution in [0.5, 0.6) is 5.75 Å². The highest BCUT2D eigenvalue weighted by Gasteiger charge is 2.31. The van der Waals surface area contributed by atoms with E-state index in [0.717, 1.165) is 18.2 Å². The zero-order valence-corrected chi connectivity index (χ0v) is 7.84. The lowest BCUT2D eigenvalue weighted by Crippen LogP contribution is -2.17. The zero-order chi connectivity index (χ0) is 12.3. The summed E-state index contributed by atoms with van der Waals surface area (Å²) >= 11 is 0. The number of rotatable bonds is 3. The van der Waals surface area contributed by atoms with Crippen LogP contribution in [0.4, 0.5) is 17.6 Å². The summed E-state index contributed by atoms with van der Waals surface area (Å²) in [5.41, 5.74) is -0.357. The van der Waals surface area contributed by atoms with Crippen molar-refractivity contribution in [3.8, 4) is 5.75 Å². The molecule has 6 heteroatoms. The molecule has 0 unspecified atom stereocenters. The van der Waals surface area contributed by atoms with Gasteiger partial charge in [0.15, 0.2) is 5.78 Å². The number of halogens is 4. The van der Waals surface area contributed by atoms with E-state index in [1.807, 2.05) is 0 Å². The number of carbonyl (C=O) groups excluding carboxylic acids is 1. The van der Waals surface area contributed by atoms with Crippen molar-refractivity contribution in [1.82, 2.24) is 0 Å². The third kappa shape index (κ3) is 3.08. The molecule has 0 spiro atoms. The van der Waals surface area contributed by atoms with E-state index in [1.165, 1.54) is 0 Å². The van der Waals surface area contributed by atoms with Crippen LogP contribution in [0, 0.1) is 5.82 Å². The van der Waals surface area contributed by atoms with E-state index < -0.39 is 23.7 Å². The number of hydrogen-bond acceptors (Lipinski definition) is 2. The van der Waals surface area contributed by atoms with Crippen LogP contribution in [0.2, 0.25) is 0 Å². The normalized spacial score (nSPS) is 11.0. The Morgan fingerprint density at radius 1 is 1.38 bits per heavy atom. The molecule has 16 heavy (non-hydrogen) atoms. The Kier molecular flexibility index (Phi) is 3.31. The van der Waals surface area contributed by atoms with E-state index in [1.54, 1.807) is 0 Å². The van der Waals surface area contributed by atoms with Crippen molar-refractivity contribution >= 4 is 5.78 Å². The molecule has 0 amide bonds. The SMILES string of the molecule is C=CC(=O)c1ccc(OC(F)(F)F)cc1F. The van der Waals surface area contributed by atoms with E-state index in [9.17, 15) is 22.4 Å². The minimum Gasteiger partial charge on any atom is -0.406 e. The molecule has 0 saturated carbocycles. The highest BCUT2D eigenvalue weighted by Crippen LogP contribution is 2.24. The van der Waals surface area contributed by atoms with Gasteiger partial charge in [0.2, 0.25) is 0 Å². The highest BCUT2D eigenvalue weighted by atomic mass is 19.4. The van der Waals surface area contributed by atoms with Crippen molar-refractivity contribution in [1.29, 1.82) is 0 Å². The van der Waals surface area contributed by atoms with Gasteiger partial charge in [-0.15, -0.1) is 13.2 Å². The van der Waals surface area contributed by atoms with E-state index in [2.05, 4.69) is 11.3 Å². The van der Waals surface area contributed by atoms with Gasteiger partial charge in [-0.05, 0) is 18.2 Å². The summed E-state index contributed by atoms with van der Waals surface area (Å²) in [6.45, 7) is 3.13. The van der Waals surface area contributed by atoms with Crippen LogP contribution in [0.25, 0.3) is 0 Å². The van der Waals surface area contributed by atoms with Crippen molar-refractivity contribution < 1.29 is 27.1 Å². The summed E-state index contributed by atoms with van der Waals surface area (Å²) in [4.78, 5) is 11.0. The molecule has 0 aliphatic heterocycles. The summed E-state index contributed by atoms with van der Waals surface area (Å²) in [6.07, 6.45) is -4.03. The van der Waals surface area contributed by atoms with E-state index in [4.69, 9.17) is 0 Å². The van der Waals surface area contributed by atoms with Crippen molar-refractivity contribution in [2.75, 3.05) is 0 Å². The topological polar surface area (TPSA) is 26.3 Å². The molecule has 1 aromatic carbocycles. The molecule has 0 radical (unpaired) electrons. The molecule has 0 aliphatic carbocycles. The first kappa shape index (κ1) is 12.2. The highest BCUT2D eigenvalue weighted by molar-refractivity contribution is 6.04. The largest absolute Gasteiger partial charge is 0.573 e. The second-order valence-corrected chi connectivity index (χ2v) is 2.76. The molecular weight excluding hydrogens is 228 g/mol. The summed E-state index contributed by atoms with van der Waals surface area (Å²) < 4.78 is 51.9. The first-order chi connectivity index (χ1) is 7.33. The molecule has 0 fully saturated rings. The maximum Gasteiger partial charge on any atom is 0.573 e. The fraction of sp³-hybridized carbons (Fsp3) is 0.100. The third-order valence-corrected chi connectivity index (χ3v) is 1.62. The maximum atomic E-state index is 13.1. The number of alkyl halides is 3. The van der Waals surface area contributed by atoms with Gasteiger partial charge in [-0.25, -0.2) is 4.39 Å². The monoisotopic (exact) mass is 234 g/mol. The quantitative estimate of drug-likeness (QED) is 0.456. The van der Waals surface area contributed by atoms with Gasteiger partial charge in [-0.1, -0.05) is 6.58 Å². The summed E-state index contributed by atoms with van der Waals surface area (Å²) in [6, 6.07) is 2.25. The smallest absolute Gasteiger partial charge is 0.406 e. The lowest BCUT2D eigenvalue weighted by Gasteiger charge is -2.09. The Balaban J connectivity index is 3.00. The Morgan fingerprint density at radius 2 is 2.00 bits per heavy atom. The van der Waals surface area contributed by atoms with Gasteiger partial charge in [0.1, 0.15) is 11.6 Å². The molecule has 0 N–H and O–H groups in total. The van der Waals surface area contributed by atoms with Gasteiger partial charge < -0.3 is 4.74 Å². The molecule has 1 rings (SSSR count). The van der Waals surface area contributed by atoms with Crippen LogP contribution in [0.15, 0.2) is 30.9 Å². The number of carbonyl (C=O) groups is 1. The molecular formula is C10H6F4O2. The van der Waals surface area contributed by atoms with Gasteiger partial charge in [0, 0.05) is 6.07 Å². The number of benzene rings is 1. The van der Waals surface area contributed by atoms with Crippen LogP contribution in [-0.4, -0.2) is 12.1 Å². The summed E-state index contributed by atoms with van der Waals surface area (Å²) in [7, 11) is 0. The molecule has 1 aromatic rings. The van der Waals surface area contributed by atoms with Gasteiger partial charge in [-0.3, -0.25) is 4.79 Å². The van der Waals surface area contributed by atoms with E-state index in [0.29, 0.717) is 6.07 Å². The molecule has 0 bridgehead atoms. The Hall–Kier alpha value is -1.85. The van der Waals surface area contributed by atoms with Crippen LogP contribution in [0.1, 0.15) is 10.4 Å². The van der Waals surface area contributed by atoms with Crippen molar-refractivity contribution in [2.45, 2.75) is 6.36 Å². The minimum absolute atomic E-state index is 0.357. The molecule has 86 valence electrons. The Labute approximate surface area is 88.1 Å². The molecule has 0 aromatic heterocycles. The number of ether oxygens (including phenoxy) is 1. The van der Waals surface area contributed by atoms with Crippen LogP contribution in [-0.2, 0) is 0 Å². The molecule has 2 nitrogen and oxygen atoms in total. The maximum absolute atomic E-state index is 13.1. The number of ketones is 1. The molecule has 0 heterocycles. The summed E-state index contributed by atoms with van der Waals surface area (Å²) in [5, 5.41) is 0. The Bertz CT molecular complexity index is 423. The van der Waals surface area contributed by atoms with Gasteiger partial charge in [-0.2, -0.15) is 0 Å². The molecule has 0 saturated heterocycles. The molecule has 0 atom stereocenters. The minimum atomic E-state index is -4.89. The van der Waals surface area contributed by atoms with E-state index >= 15 is 0 Å². The lowest BCUT2D eigenvalue weighted by molar-refractivity contribution is -0.274. The predicted molar refractivity (Wildman–Crippen MR) is 47.6 cm³/mol. The van der Waals surface area contributed by atoms with Crippen molar-refractivity contribution in [2.24, 2.45) is 0 Å². The number of allylic oxidation sites excluding steroid dienone is 1. The lowest BCUT2D eigenvalue weighted by atomic mass is 10.1. The zero-order valence-electron chi connectivity index (χ0n) is 7.84. The first-order valence-electron chi connectivity index (χ1n) is 4.05. The van der Waals surface area contributed by atoms with Gasteiger partial charge >= 0.3 is 6.36 Å². The average Bonchev–Trinajstić information content (AvgIpc) is 2.14. The Morgan fingerprint density at radius 3 is 2.44 bits per heavy atom. The molecule has 0 aliphatic rings. The third-order valence-electron chi connectivity index (χ3n) is 1.62. The van der Waals surface area contributed by atoms with Crippen LogP contribution >= 0.6 is 0 Å². The van der Waals surface area contributed by atoms with Gasteiger partial charge in [0.05, 0.1) is 5.56 Å². The second-order valence-electron chi connectivity index (χ2n) is 2.76. The fourth-order valence-electron chi connectivity index (χ4n) is 1.00. The standard InChI is InChI=1S/C10H6F4O2/c1-2-9(15)7-4-3-6(5-8(7)11)16-10(12,13)14/h2-5H,1H2. The number of hydrogen-bond donors (Lipinski definition) is 0. The van der Waals surface area contributed by atoms with Gasteiger partial charge in [0.25, 0.3) is 0 Å². The van der Waals surface area contributed by atoms with Crippen LogP contribution < -0.4 is 4.74 Å². The average molecular weight is 234 g/mol. The first-order valence-corrected chi connectivity index (χ1v) is 4.05. The second kappa shape index (κ2) is 4.34. The van der Waals surface area contributed by atoms with Crippen molar-refractivity contribution in [3.05, 3.63) is 42.2 Å². The van der Waals surface area contributed by atoms with Crippen LogP contribution in [0.3, 0.4) is 0 Å². The predicted octanol–water partition coefficient (Wildman–Crippen LogP) is 3.09. The van der Waals surface area contributed by atoms with Crippen molar-refractivity contribution in [3.63, 3.8) is 0 Å². The summed E-state index contributed by atoms with van der Waals surface area (Å²) in [5.74, 6) is -2.52. The van der Waals surface area contributed by atoms with E-state index in [-0.39, 0.29) is 5.56 Å². The fourth-order valence-corrected chi connectivity index (χ4v) is 1.00.